The van der Waals surface area contributed by atoms with Gasteiger partial charge in [0.2, 0.25) is 0 Å². The Bertz CT molecular complexity index is 405. The van der Waals surface area contributed by atoms with Gasteiger partial charge < -0.3 is 19.1 Å². The number of unbranched alkanes of at least 4 members (excludes halogenated alkanes) is 9. The van der Waals surface area contributed by atoms with Crippen LogP contribution in [0.5, 0.6) is 0 Å². The topological polar surface area (TPSA) is 34.2 Å². The number of ether oxygens (including phenoxy) is 3. The second-order valence-corrected chi connectivity index (χ2v) is 9.23. The zero-order chi connectivity index (χ0) is 23.5. The molecule has 0 aliphatic carbocycles. The zero-order valence-corrected chi connectivity index (χ0v) is 22.3. The fourth-order valence-corrected chi connectivity index (χ4v) is 5.07. The van der Waals surface area contributed by atoms with Crippen LogP contribution >= 0.6 is 0 Å². The van der Waals surface area contributed by atoms with E-state index in [-0.39, 0.29) is 0 Å². The van der Waals surface area contributed by atoms with Crippen molar-refractivity contribution in [3.8, 4) is 0 Å². The lowest BCUT2D eigenvalue weighted by Crippen LogP contribution is -2.52. The average molecular weight is 457 g/mol. The summed E-state index contributed by atoms with van der Waals surface area (Å²) < 4.78 is 17.4. The van der Waals surface area contributed by atoms with Gasteiger partial charge in [0.1, 0.15) is 0 Å². The molecule has 1 heterocycles. The molecule has 0 amide bonds. The minimum absolute atomic E-state index is 0.620. The molecule has 192 valence electrons. The SMILES string of the molecule is CCOC(CCCCCCCCCCCCC1CN(CC)CCN1CC)(OCC)OCC. The first-order chi connectivity index (χ1) is 15.6. The average Bonchev–Trinajstić information content (AvgIpc) is 2.80. The number of piperazine rings is 1. The molecule has 1 atom stereocenters. The summed E-state index contributed by atoms with van der Waals surface area (Å²) in [5.74, 6) is -0.821. The summed E-state index contributed by atoms with van der Waals surface area (Å²) >= 11 is 0. The molecule has 1 unspecified atom stereocenters. The molecule has 0 radical (unpaired) electrons. The fourth-order valence-electron chi connectivity index (χ4n) is 5.07. The molecule has 32 heavy (non-hydrogen) atoms. The van der Waals surface area contributed by atoms with Gasteiger partial charge in [-0.1, -0.05) is 71.6 Å². The van der Waals surface area contributed by atoms with E-state index in [4.69, 9.17) is 14.2 Å². The highest BCUT2D eigenvalue weighted by atomic mass is 16.9. The molecule has 0 N–H and O–H groups in total. The number of hydrogen-bond acceptors (Lipinski definition) is 5. The molecule has 1 aliphatic rings. The van der Waals surface area contributed by atoms with Crippen LogP contribution in [0.2, 0.25) is 0 Å². The summed E-state index contributed by atoms with van der Waals surface area (Å²) in [7, 11) is 0. The van der Waals surface area contributed by atoms with Gasteiger partial charge in [-0.2, -0.15) is 0 Å². The molecule has 0 aromatic rings. The van der Waals surface area contributed by atoms with Gasteiger partial charge in [0.05, 0.1) is 0 Å². The van der Waals surface area contributed by atoms with E-state index in [0.29, 0.717) is 19.8 Å². The normalized spacial score (nSPS) is 18.5. The number of rotatable bonds is 21. The Balaban J connectivity index is 2.01. The third-order valence-electron chi connectivity index (χ3n) is 6.91. The van der Waals surface area contributed by atoms with Crippen LogP contribution in [0.3, 0.4) is 0 Å². The molecule has 1 fully saturated rings. The zero-order valence-electron chi connectivity index (χ0n) is 22.3. The van der Waals surface area contributed by atoms with E-state index in [2.05, 4.69) is 23.6 Å². The fraction of sp³-hybridized carbons (Fsp3) is 1.00. The van der Waals surface area contributed by atoms with Gasteiger partial charge in [0, 0.05) is 51.9 Å². The van der Waals surface area contributed by atoms with Crippen LogP contribution in [-0.4, -0.2) is 74.4 Å². The van der Waals surface area contributed by atoms with Crippen molar-refractivity contribution in [2.75, 3.05) is 52.5 Å². The summed E-state index contributed by atoms with van der Waals surface area (Å²) in [4.78, 5) is 5.33. The van der Waals surface area contributed by atoms with Crippen LogP contribution in [0, 0.1) is 0 Å². The minimum Gasteiger partial charge on any atom is -0.328 e. The summed E-state index contributed by atoms with van der Waals surface area (Å²) in [6, 6.07) is 0.792. The predicted molar refractivity (Wildman–Crippen MR) is 136 cm³/mol. The number of hydrogen-bond donors (Lipinski definition) is 0. The van der Waals surface area contributed by atoms with Gasteiger partial charge in [-0.05, 0) is 46.7 Å². The Morgan fingerprint density at radius 3 is 1.59 bits per heavy atom. The molecule has 1 rings (SSSR count). The molecule has 0 aromatic heterocycles. The molecule has 5 nitrogen and oxygen atoms in total. The maximum Gasteiger partial charge on any atom is 0.282 e. The lowest BCUT2D eigenvalue weighted by molar-refractivity contribution is -0.380. The van der Waals surface area contributed by atoms with E-state index in [1.807, 2.05) is 20.8 Å². The lowest BCUT2D eigenvalue weighted by Gasteiger charge is -2.40. The van der Waals surface area contributed by atoms with Gasteiger partial charge in [-0.15, -0.1) is 0 Å². The molecule has 1 aliphatic heterocycles. The first-order valence-electron chi connectivity index (χ1n) is 14.0. The highest BCUT2D eigenvalue weighted by Gasteiger charge is 2.31. The lowest BCUT2D eigenvalue weighted by atomic mass is 10.0. The van der Waals surface area contributed by atoms with E-state index in [0.717, 1.165) is 18.9 Å². The van der Waals surface area contributed by atoms with E-state index in [1.54, 1.807) is 0 Å². The van der Waals surface area contributed by atoms with Gasteiger partial charge in [-0.3, -0.25) is 4.90 Å². The second-order valence-electron chi connectivity index (χ2n) is 9.23. The Labute approximate surface area is 200 Å². The van der Waals surface area contributed by atoms with Crippen molar-refractivity contribution in [1.82, 2.24) is 9.80 Å². The maximum atomic E-state index is 5.81. The molecule has 0 spiro atoms. The Hall–Kier alpha value is -0.200. The quantitative estimate of drug-likeness (QED) is 0.146. The molecule has 1 saturated heterocycles. The van der Waals surface area contributed by atoms with E-state index in [9.17, 15) is 0 Å². The van der Waals surface area contributed by atoms with Gasteiger partial charge in [-0.25, -0.2) is 0 Å². The van der Waals surface area contributed by atoms with Crippen LogP contribution in [0.1, 0.15) is 112 Å². The Morgan fingerprint density at radius 2 is 1.12 bits per heavy atom. The summed E-state index contributed by atoms with van der Waals surface area (Å²) in [6.45, 7) is 18.7. The highest BCUT2D eigenvalue weighted by molar-refractivity contribution is 4.81. The third-order valence-corrected chi connectivity index (χ3v) is 6.91. The molecular weight excluding hydrogens is 400 g/mol. The molecule has 5 heteroatoms. The molecule has 0 saturated carbocycles. The minimum atomic E-state index is -0.821. The van der Waals surface area contributed by atoms with Crippen LogP contribution in [0.4, 0.5) is 0 Å². The van der Waals surface area contributed by atoms with Crippen LogP contribution in [0.25, 0.3) is 0 Å². The monoisotopic (exact) mass is 456 g/mol. The molecule has 0 bridgehead atoms. The van der Waals surface area contributed by atoms with Crippen molar-refractivity contribution in [3.05, 3.63) is 0 Å². The first kappa shape index (κ1) is 29.8. The van der Waals surface area contributed by atoms with Crippen molar-refractivity contribution >= 4 is 0 Å². The maximum absolute atomic E-state index is 5.81. The van der Waals surface area contributed by atoms with Crippen molar-refractivity contribution < 1.29 is 14.2 Å². The number of likely N-dealkylation sites (N-methyl/N-ethyl adjacent to an activating group) is 2. The highest BCUT2D eigenvalue weighted by Crippen LogP contribution is 2.24. The smallest absolute Gasteiger partial charge is 0.282 e. The van der Waals surface area contributed by atoms with Crippen LogP contribution in [-0.2, 0) is 14.2 Å². The van der Waals surface area contributed by atoms with Crippen LogP contribution < -0.4 is 0 Å². The first-order valence-corrected chi connectivity index (χ1v) is 14.0. The van der Waals surface area contributed by atoms with Gasteiger partial charge in [0.25, 0.3) is 5.97 Å². The largest absolute Gasteiger partial charge is 0.328 e. The summed E-state index contributed by atoms with van der Waals surface area (Å²) in [5, 5.41) is 0. The summed E-state index contributed by atoms with van der Waals surface area (Å²) in [6.07, 6.45) is 15.6. The van der Waals surface area contributed by atoms with Crippen LogP contribution in [0.15, 0.2) is 0 Å². The summed E-state index contributed by atoms with van der Waals surface area (Å²) in [5.41, 5.74) is 0. The standard InChI is InChI=1S/C27H56N2O3/c1-6-28-23-24-29(7-2)26(25-28)21-19-17-15-13-11-12-14-16-18-20-22-27(30-8-3,31-9-4)32-10-5/h26H,6-25H2,1-5H3. The van der Waals surface area contributed by atoms with E-state index < -0.39 is 5.97 Å². The van der Waals surface area contributed by atoms with Crippen molar-refractivity contribution in [1.29, 1.82) is 0 Å². The van der Waals surface area contributed by atoms with Gasteiger partial charge >= 0.3 is 0 Å². The molecule has 0 aromatic carbocycles. The third kappa shape index (κ3) is 12.3. The van der Waals surface area contributed by atoms with Gasteiger partial charge in [0.15, 0.2) is 0 Å². The van der Waals surface area contributed by atoms with Crippen molar-refractivity contribution in [2.24, 2.45) is 0 Å². The second kappa shape index (κ2) is 19.1. The van der Waals surface area contributed by atoms with Crippen molar-refractivity contribution in [2.45, 2.75) is 124 Å². The number of nitrogens with zero attached hydrogens (tertiary/aromatic N) is 2. The van der Waals surface area contributed by atoms with E-state index in [1.165, 1.54) is 96.9 Å². The Morgan fingerprint density at radius 1 is 0.625 bits per heavy atom. The molecular formula is C27H56N2O3. The van der Waals surface area contributed by atoms with Crippen molar-refractivity contribution in [3.63, 3.8) is 0 Å². The van der Waals surface area contributed by atoms with E-state index >= 15 is 0 Å². The Kier molecular flexibility index (Phi) is 17.8. The predicted octanol–water partition coefficient (Wildman–Crippen LogP) is 6.46.